The molecule has 0 saturated carbocycles. The summed E-state index contributed by atoms with van der Waals surface area (Å²) in [6.07, 6.45) is -1.07. The molecule has 1 saturated heterocycles. The highest BCUT2D eigenvalue weighted by atomic mass is 32.2. The Morgan fingerprint density at radius 3 is 2.39 bits per heavy atom. The Bertz CT molecular complexity index is 568. The van der Waals surface area contributed by atoms with Gasteiger partial charge < -0.3 is 10.2 Å². The maximum absolute atomic E-state index is 12.1. The highest BCUT2D eigenvalue weighted by Crippen LogP contribution is 2.20. The van der Waals surface area contributed by atoms with Crippen LogP contribution in [-0.2, 0) is 10.0 Å². The maximum atomic E-state index is 12.1. The molecule has 1 aliphatic rings. The minimum absolute atomic E-state index is 0.0669. The number of rotatable bonds is 2. The second-order valence-corrected chi connectivity index (χ2v) is 5.89. The molecule has 0 unspecified atom stereocenters. The van der Waals surface area contributed by atoms with Crippen LogP contribution in [0.5, 0.6) is 0 Å². The van der Waals surface area contributed by atoms with Crippen LogP contribution in [0.1, 0.15) is 5.69 Å². The fourth-order valence-electron chi connectivity index (χ4n) is 1.68. The topological polar surface area (TPSA) is 115 Å². The van der Waals surface area contributed by atoms with Gasteiger partial charge in [-0.3, -0.25) is 0 Å². The van der Waals surface area contributed by atoms with Crippen molar-refractivity contribution < 1.29 is 18.6 Å². The first-order valence-corrected chi connectivity index (χ1v) is 6.61. The quantitative estimate of drug-likeness (QED) is 0.688. The van der Waals surface area contributed by atoms with Gasteiger partial charge in [-0.05, 0) is 12.1 Å². The number of hydrogen-bond donors (Lipinski definition) is 2. The van der Waals surface area contributed by atoms with Crippen molar-refractivity contribution >= 4 is 10.0 Å². The number of nitrogens with zero attached hydrogens (tertiary/aromatic N) is 3. The van der Waals surface area contributed by atoms with Crippen LogP contribution in [0.2, 0.25) is 0 Å². The Labute approximate surface area is 104 Å². The summed E-state index contributed by atoms with van der Waals surface area (Å²) in [6, 6.07) is 4.37. The molecule has 0 spiro atoms. The average molecular weight is 269 g/mol. The lowest BCUT2D eigenvalue weighted by Gasteiger charge is -2.14. The minimum Gasteiger partial charge on any atom is -0.389 e. The number of nitriles is 1. The Morgan fingerprint density at radius 1 is 1.33 bits per heavy atom. The molecule has 96 valence electrons. The number of sulfonamides is 1. The molecule has 0 amide bonds. The average Bonchev–Trinajstić information content (AvgIpc) is 2.70. The summed E-state index contributed by atoms with van der Waals surface area (Å²) in [5.74, 6) is 0. The molecule has 18 heavy (non-hydrogen) atoms. The number of β-amino-alcohol motifs (C(OH)–C–C–N with tert-alkyl or cyclic N) is 2. The third kappa shape index (κ3) is 2.21. The summed E-state index contributed by atoms with van der Waals surface area (Å²) in [4.78, 5) is 3.61. The van der Waals surface area contributed by atoms with Crippen LogP contribution in [0.4, 0.5) is 0 Å². The van der Waals surface area contributed by atoms with E-state index in [0.717, 1.165) is 10.5 Å². The van der Waals surface area contributed by atoms with Gasteiger partial charge in [0.2, 0.25) is 10.0 Å². The van der Waals surface area contributed by atoms with E-state index in [1.807, 2.05) is 0 Å². The monoisotopic (exact) mass is 269 g/mol. The van der Waals surface area contributed by atoms with E-state index in [-0.39, 0.29) is 23.7 Å². The van der Waals surface area contributed by atoms with Crippen LogP contribution in [0.15, 0.2) is 23.2 Å². The highest BCUT2D eigenvalue weighted by Gasteiger charge is 2.37. The normalized spacial score (nSPS) is 24.9. The number of pyridine rings is 1. The smallest absolute Gasteiger partial charge is 0.244 e. The van der Waals surface area contributed by atoms with E-state index < -0.39 is 22.2 Å². The molecule has 1 aliphatic heterocycles. The van der Waals surface area contributed by atoms with Gasteiger partial charge in [0.05, 0.1) is 12.2 Å². The van der Waals surface area contributed by atoms with Crippen molar-refractivity contribution in [1.82, 2.24) is 9.29 Å². The van der Waals surface area contributed by atoms with Gasteiger partial charge >= 0.3 is 0 Å². The zero-order valence-corrected chi connectivity index (χ0v) is 10.1. The van der Waals surface area contributed by atoms with Gasteiger partial charge in [0, 0.05) is 19.3 Å². The SMILES string of the molecule is N#Cc1ccc(S(=O)(=O)N2C[C@@H](O)[C@@H](O)C2)cn1. The van der Waals surface area contributed by atoms with Gasteiger partial charge in [0.25, 0.3) is 0 Å². The van der Waals surface area contributed by atoms with Gasteiger partial charge in [-0.1, -0.05) is 0 Å². The molecule has 2 rings (SSSR count). The molecule has 2 atom stereocenters. The molecule has 0 aliphatic carbocycles. The van der Waals surface area contributed by atoms with Gasteiger partial charge in [0.15, 0.2) is 0 Å². The van der Waals surface area contributed by atoms with Crippen molar-refractivity contribution in [2.45, 2.75) is 17.1 Å². The molecule has 0 radical (unpaired) electrons. The van der Waals surface area contributed by atoms with E-state index in [1.54, 1.807) is 6.07 Å². The first-order valence-electron chi connectivity index (χ1n) is 5.17. The van der Waals surface area contributed by atoms with Crippen LogP contribution in [-0.4, -0.2) is 53.2 Å². The summed E-state index contributed by atoms with van der Waals surface area (Å²) in [6.45, 7) is -0.299. The van der Waals surface area contributed by atoms with Gasteiger partial charge in [-0.2, -0.15) is 9.57 Å². The summed E-state index contributed by atoms with van der Waals surface area (Å²) < 4.78 is 25.2. The van der Waals surface area contributed by atoms with Crippen molar-refractivity contribution in [1.29, 1.82) is 5.26 Å². The molecule has 8 heteroatoms. The maximum Gasteiger partial charge on any atom is 0.244 e. The number of aromatic nitrogens is 1. The Morgan fingerprint density at radius 2 is 1.94 bits per heavy atom. The molecular weight excluding hydrogens is 258 g/mol. The lowest BCUT2D eigenvalue weighted by molar-refractivity contribution is 0.0572. The third-order valence-corrected chi connectivity index (χ3v) is 4.53. The second-order valence-electron chi connectivity index (χ2n) is 3.95. The Hall–Kier alpha value is -1.53. The van der Waals surface area contributed by atoms with Gasteiger partial charge in [-0.15, -0.1) is 0 Å². The predicted molar refractivity (Wildman–Crippen MR) is 59.7 cm³/mol. The molecule has 2 N–H and O–H groups in total. The van der Waals surface area contributed by atoms with Crippen molar-refractivity contribution in [3.63, 3.8) is 0 Å². The van der Waals surface area contributed by atoms with Crippen LogP contribution in [0.25, 0.3) is 0 Å². The van der Waals surface area contributed by atoms with E-state index >= 15 is 0 Å². The standard InChI is InChI=1S/C10H11N3O4S/c11-3-7-1-2-8(4-12-7)18(16,17)13-5-9(14)10(15)6-13/h1-2,4,9-10,14-15H,5-6H2/t9-,10+. The summed E-state index contributed by atoms with van der Waals surface area (Å²) in [5, 5.41) is 27.3. The van der Waals surface area contributed by atoms with Crippen molar-refractivity contribution in [3.8, 4) is 6.07 Å². The molecule has 1 fully saturated rings. The molecule has 7 nitrogen and oxygen atoms in total. The summed E-state index contributed by atoms with van der Waals surface area (Å²) >= 11 is 0. The second kappa shape index (κ2) is 4.62. The van der Waals surface area contributed by atoms with E-state index in [1.165, 1.54) is 12.1 Å². The van der Waals surface area contributed by atoms with E-state index in [0.29, 0.717) is 0 Å². The van der Waals surface area contributed by atoms with Crippen LogP contribution < -0.4 is 0 Å². The van der Waals surface area contributed by atoms with Crippen molar-refractivity contribution in [2.75, 3.05) is 13.1 Å². The first-order chi connectivity index (χ1) is 8.45. The molecule has 0 bridgehead atoms. The Balaban J connectivity index is 2.29. The highest BCUT2D eigenvalue weighted by molar-refractivity contribution is 7.89. The predicted octanol–water partition coefficient (Wildman–Crippen LogP) is -1.32. The first kappa shape index (κ1) is 12.9. The lowest BCUT2D eigenvalue weighted by atomic mass is 10.3. The number of hydrogen-bond acceptors (Lipinski definition) is 6. The van der Waals surface area contributed by atoms with Crippen LogP contribution in [0, 0.1) is 11.3 Å². The van der Waals surface area contributed by atoms with Crippen LogP contribution >= 0.6 is 0 Å². The zero-order valence-electron chi connectivity index (χ0n) is 9.26. The number of aliphatic hydroxyl groups excluding tert-OH is 2. The molecule has 1 aromatic heterocycles. The van der Waals surface area contributed by atoms with Crippen molar-refractivity contribution in [3.05, 3.63) is 24.0 Å². The van der Waals surface area contributed by atoms with Crippen molar-refractivity contribution in [2.24, 2.45) is 0 Å². The lowest BCUT2D eigenvalue weighted by Crippen LogP contribution is -2.30. The molecule has 1 aromatic rings. The van der Waals surface area contributed by atoms with E-state index in [2.05, 4.69) is 4.98 Å². The largest absolute Gasteiger partial charge is 0.389 e. The van der Waals surface area contributed by atoms with E-state index in [4.69, 9.17) is 5.26 Å². The van der Waals surface area contributed by atoms with Crippen LogP contribution in [0.3, 0.4) is 0 Å². The van der Waals surface area contributed by atoms with Gasteiger partial charge in [-0.25, -0.2) is 13.4 Å². The third-order valence-electron chi connectivity index (χ3n) is 2.71. The minimum atomic E-state index is -3.79. The molecule has 2 heterocycles. The Kier molecular flexibility index (Phi) is 3.32. The van der Waals surface area contributed by atoms with Gasteiger partial charge in [0.1, 0.15) is 16.7 Å². The fourth-order valence-corrected chi connectivity index (χ4v) is 3.10. The zero-order chi connectivity index (χ0) is 13.3. The summed E-state index contributed by atoms with van der Waals surface area (Å²) in [7, 11) is -3.79. The molecular formula is C10H11N3O4S. The fraction of sp³-hybridized carbons (Fsp3) is 0.400. The number of aliphatic hydroxyl groups is 2. The summed E-state index contributed by atoms with van der Waals surface area (Å²) in [5.41, 5.74) is 0.121. The molecule has 0 aromatic carbocycles. The van der Waals surface area contributed by atoms with E-state index in [9.17, 15) is 18.6 Å².